The van der Waals surface area contributed by atoms with Crippen molar-refractivity contribution in [2.24, 2.45) is 5.92 Å². The van der Waals surface area contributed by atoms with Crippen molar-refractivity contribution in [3.05, 3.63) is 29.8 Å². The molecule has 0 saturated heterocycles. The number of benzene rings is 1. The van der Waals surface area contributed by atoms with Gasteiger partial charge >= 0.3 is 5.97 Å². The van der Waals surface area contributed by atoms with Crippen LogP contribution in [0.25, 0.3) is 0 Å². The van der Waals surface area contributed by atoms with Crippen LogP contribution in [0.1, 0.15) is 19.4 Å². The minimum Gasteiger partial charge on any atom is -0.497 e. The van der Waals surface area contributed by atoms with Crippen LogP contribution in [0.2, 0.25) is 0 Å². The molecule has 0 radical (unpaired) electrons. The highest BCUT2D eigenvalue weighted by Crippen LogP contribution is 2.12. The Morgan fingerprint density at radius 2 is 2.17 bits per heavy atom. The summed E-state index contributed by atoms with van der Waals surface area (Å²) in [5.41, 5.74) is 1.18. The second kappa shape index (κ2) is 7.01. The third kappa shape index (κ3) is 4.37. The summed E-state index contributed by atoms with van der Waals surface area (Å²) in [6, 6.07) is 7.86. The number of rotatable bonds is 7. The predicted molar refractivity (Wildman–Crippen MR) is 71.0 cm³/mol. The molecule has 0 amide bonds. The molecule has 0 spiro atoms. The Hall–Kier alpha value is -1.55. The van der Waals surface area contributed by atoms with E-state index in [0.717, 1.165) is 18.7 Å². The van der Waals surface area contributed by atoms with E-state index >= 15 is 0 Å². The number of hydrogen-bond donors (Lipinski definition) is 2. The molecule has 0 aliphatic heterocycles. The Morgan fingerprint density at radius 3 is 2.78 bits per heavy atom. The summed E-state index contributed by atoms with van der Waals surface area (Å²) in [4.78, 5) is 10.8. The maximum absolute atomic E-state index is 10.8. The lowest BCUT2D eigenvalue weighted by atomic mass is 10.0. The van der Waals surface area contributed by atoms with E-state index in [-0.39, 0.29) is 12.0 Å². The number of nitrogens with one attached hydrogen (secondary N) is 1. The molecule has 0 aliphatic rings. The minimum atomic E-state index is -0.767. The van der Waals surface area contributed by atoms with E-state index in [9.17, 15) is 4.79 Å². The third-order valence-corrected chi connectivity index (χ3v) is 3.15. The van der Waals surface area contributed by atoms with E-state index in [1.165, 1.54) is 5.56 Å². The second-order valence-corrected chi connectivity index (χ2v) is 4.47. The molecule has 1 aromatic carbocycles. The molecule has 1 aromatic rings. The number of aliphatic carboxylic acids is 1. The molecular weight excluding hydrogens is 230 g/mol. The summed E-state index contributed by atoms with van der Waals surface area (Å²) < 4.78 is 5.15. The lowest BCUT2D eigenvalue weighted by Crippen LogP contribution is -2.37. The van der Waals surface area contributed by atoms with Gasteiger partial charge in [-0.1, -0.05) is 19.1 Å². The van der Waals surface area contributed by atoms with Gasteiger partial charge in [-0.25, -0.2) is 0 Å². The third-order valence-electron chi connectivity index (χ3n) is 3.15. The molecule has 0 saturated carbocycles. The molecule has 0 aromatic heterocycles. The van der Waals surface area contributed by atoms with Crippen LogP contribution >= 0.6 is 0 Å². The van der Waals surface area contributed by atoms with E-state index < -0.39 is 5.97 Å². The normalized spacial score (nSPS) is 13.9. The van der Waals surface area contributed by atoms with Crippen LogP contribution in [0.15, 0.2) is 24.3 Å². The Kier molecular flexibility index (Phi) is 5.65. The molecule has 2 unspecified atom stereocenters. The number of carboxylic acids is 1. The number of carbonyl (C=O) groups is 1. The summed E-state index contributed by atoms with van der Waals surface area (Å²) in [7, 11) is 1.65. The first-order valence-corrected chi connectivity index (χ1v) is 6.13. The highest BCUT2D eigenvalue weighted by Gasteiger charge is 2.18. The van der Waals surface area contributed by atoms with Crippen LogP contribution in [-0.4, -0.2) is 30.8 Å². The van der Waals surface area contributed by atoms with Gasteiger partial charge in [0.15, 0.2) is 0 Å². The van der Waals surface area contributed by atoms with Crippen LogP contribution in [0.5, 0.6) is 5.75 Å². The molecule has 2 N–H and O–H groups in total. The van der Waals surface area contributed by atoms with Crippen molar-refractivity contribution in [3.63, 3.8) is 0 Å². The van der Waals surface area contributed by atoms with Crippen LogP contribution in [0.4, 0.5) is 0 Å². The van der Waals surface area contributed by atoms with Crippen molar-refractivity contribution in [2.45, 2.75) is 26.3 Å². The van der Waals surface area contributed by atoms with Crippen molar-refractivity contribution in [3.8, 4) is 5.75 Å². The average Bonchev–Trinajstić information content (AvgIpc) is 2.37. The molecule has 2 atom stereocenters. The van der Waals surface area contributed by atoms with Crippen LogP contribution in [-0.2, 0) is 11.2 Å². The van der Waals surface area contributed by atoms with E-state index in [1.807, 2.05) is 31.2 Å². The van der Waals surface area contributed by atoms with E-state index in [0.29, 0.717) is 0 Å². The molecule has 1 rings (SSSR count). The fraction of sp³-hybridized carbons (Fsp3) is 0.500. The molecule has 0 aliphatic carbocycles. The van der Waals surface area contributed by atoms with E-state index in [2.05, 4.69) is 5.32 Å². The zero-order valence-electron chi connectivity index (χ0n) is 11.1. The zero-order chi connectivity index (χ0) is 13.5. The molecule has 4 heteroatoms. The smallest absolute Gasteiger partial charge is 0.307 e. The summed E-state index contributed by atoms with van der Waals surface area (Å²) >= 11 is 0. The van der Waals surface area contributed by atoms with Gasteiger partial charge < -0.3 is 15.2 Å². The largest absolute Gasteiger partial charge is 0.497 e. The fourth-order valence-corrected chi connectivity index (χ4v) is 1.66. The highest BCUT2D eigenvalue weighted by molar-refractivity contribution is 5.70. The highest BCUT2D eigenvalue weighted by atomic mass is 16.5. The maximum atomic E-state index is 10.8. The lowest BCUT2D eigenvalue weighted by molar-refractivity contribution is -0.141. The van der Waals surface area contributed by atoms with Gasteiger partial charge in [0.05, 0.1) is 13.0 Å². The zero-order valence-corrected chi connectivity index (χ0v) is 11.1. The summed E-state index contributed by atoms with van der Waals surface area (Å²) in [6.07, 6.45) is 0.855. The van der Waals surface area contributed by atoms with E-state index in [1.54, 1.807) is 14.0 Å². The first-order valence-electron chi connectivity index (χ1n) is 6.13. The topological polar surface area (TPSA) is 58.6 Å². The van der Waals surface area contributed by atoms with Gasteiger partial charge in [0.25, 0.3) is 0 Å². The predicted octanol–water partition coefficient (Wildman–Crippen LogP) is 1.94. The lowest BCUT2D eigenvalue weighted by Gasteiger charge is -2.17. The van der Waals surface area contributed by atoms with Gasteiger partial charge in [0, 0.05) is 6.04 Å². The number of hydrogen-bond acceptors (Lipinski definition) is 3. The number of methoxy groups -OCH3 is 1. The van der Waals surface area contributed by atoms with Gasteiger partial charge in [0.1, 0.15) is 5.75 Å². The number of ether oxygens (including phenoxy) is 1. The van der Waals surface area contributed by atoms with Gasteiger partial charge in [-0.05, 0) is 37.6 Å². The summed E-state index contributed by atoms with van der Waals surface area (Å²) in [5.74, 6) is -0.300. The SMILES string of the molecule is COc1cccc(CCNC(C)C(C)C(=O)O)c1. The standard InChI is InChI=1S/C14H21NO3/c1-10(14(16)17)11(2)15-8-7-12-5-4-6-13(9-12)18-3/h4-6,9-11,15H,7-8H2,1-3H3,(H,16,17). The van der Waals surface area contributed by atoms with Crippen LogP contribution < -0.4 is 10.1 Å². The van der Waals surface area contributed by atoms with Crippen molar-refractivity contribution in [2.75, 3.05) is 13.7 Å². The summed E-state index contributed by atoms with van der Waals surface area (Å²) in [5, 5.41) is 12.1. The second-order valence-electron chi connectivity index (χ2n) is 4.47. The Labute approximate surface area is 108 Å². The molecule has 0 heterocycles. The van der Waals surface area contributed by atoms with Crippen molar-refractivity contribution in [1.29, 1.82) is 0 Å². The van der Waals surface area contributed by atoms with Crippen molar-refractivity contribution in [1.82, 2.24) is 5.32 Å². The van der Waals surface area contributed by atoms with Gasteiger partial charge in [-0.15, -0.1) is 0 Å². The molecule has 4 nitrogen and oxygen atoms in total. The first-order chi connectivity index (χ1) is 8.54. The number of carboxylic acid groups (broad SMARTS) is 1. The molecule has 0 fully saturated rings. The Bertz CT molecular complexity index is 392. The Balaban J connectivity index is 2.39. The molecular formula is C14H21NO3. The van der Waals surface area contributed by atoms with E-state index in [4.69, 9.17) is 9.84 Å². The fourth-order valence-electron chi connectivity index (χ4n) is 1.66. The molecule has 100 valence electrons. The average molecular weight is 251 g/mol. The summed E-state index contributed by atoms with van der Waals surface area (Å²) in [6.45, 7) is 4.36. The minimum absolute atomic E-state index is 0.0342. The Morgan fingerprint density at radius 1 is 1.44 bits per heavy atom. The van der Waals surface area contributed by atoms with Crippen LogP contribution in [0, 0.1) is 5.92 Å². The van der Waals surface area contributed by atoms with Gasteiger partial charge in [-0.2, -0.15) is 0 Å². The van der Waals surface area contributed by atoms with Crippen molar-refractivity contribution >= 4 is 5.97 Å². The molecule has 0 bridgehead atoms. The van der Waals surface area contributed by atoms with Gasteiger partial charge in [-0.3, -0.25) is 4.79 Å². The van der Waals surface area contributed by atoms with Crippen LogP contribution in [0.3, 0.4) is 0 Å². The first kappa shape index (κ1) is 14.5. The quantitative estimate of drug-likeness (QED) is 0.777. The monoisotopic (exact) mass is 251 g/mol. The van der Waals surface area contributed by atoms with Gasteiger partial charge in [0.2, 0.25) is 0 Å². The molecule has 18 heavy (non-hydrogen) atoms. The maximum Gasteiger partial charge on any atom is 0.307 e. The van der Waals surface area contributed by atoms with Crippen molar-refractivity contribution < 1.29 is 14.6 Å².